The molecule has 0 radical (unpaired) electrons. The van der Waals surface area contributed by atoms with E-state index in [1.807, 2.05) is 222 Å². The fourth-order valence-electron chi connectivity index (χ4n) is 20.8. The van der Waals surface area contributed by atoms with Crippen LogP contribution in [0.2, 0.25) is 0 Å². The van der Waals surface area contributed by atoms with Gasteiger partial charge in [-0.3, -0.25) is 0 Å². The second-order valence-corrected chi connectivity index (χ2v) is 31.2. The Kier molecular flexibility index (Phi) is 44.0. The molecule has 0 saturated heterocycles. The van der Waals surface area contributed by atoms with E-state index in [0.717, 1.165) is 25.7 Å². The summed E-state index contributed by atoms with van der Waals surface area (Å²) in [4.78, 5) is 0. The van der Waals surface area contributed by atoms with Crippen LogP contribution in [0.5, 0.6) is 0 Å². The second kappa shape index (κ2) is 55.9. The molecule has 0 spiro atoms. The average molecular weight is 1900 g/mol. The van der Waals surface area contributed by atoms with Crippen molar-refractivity contribution < 1.29 is 0 Å². The van der Waals surface area contributed by atoms with Crippen molar-refractivity contribution in [3.63, 3.8) is 0 Å². The molecule has 4 aliphatic rings. The van der Waals surface area contributed by atoms with Crippen molar-refractivity contribution in [3.05, 3.63) is 409 Å². The van der Waals surface area contributed by atoms with Crippen LogP contribution in [0, 0.1) is 0 Å². The summed E-state index contributed by atoms with van der Waals surface area (Å²) in [5.74, 6) is 0. The van der Waals surface area contributed by atoms with Crippen molar-refractivity contribution in [1.29, 1.82) is 0 Å². The highest BCUT2D eigenvalue weighted by Gasteiger charge is 2.29. The molecule has 8 heterocycles. The van der Waals surface area contributed by atoms with Gasteiger partial charge in [-0.25, -0.2) is 0 Å². The van der Waals surface area contributed by atoms with E-state index in [0.29, 0.717) is 0 Å². The minimum atomic E-state index is 1.01. The monoisotopic (exact) mass is 1900 g/mol. The highest BCUT2D eigenvalue weighted by Crippen LogP contribution is 2.51. The van der Waals surface area contributed by atoms with Crippen LogP contribution in [0.1, 0.15) is 266 Å². The third-order valence-electron chi connectivity index (χ3n) is 25.5. The molecule has 4 heteroatoms. The van der Waals surface area contributed by atoms with Gasteiger partial charge in [-0.1, -0.05) is 525 Å². The Morgan fingerprint density at radius 3 is 0.819 bits per heavy atom. The lowest BCUT2D eigenvalue weighted by Gasteiger charge is -2.14. The molecule has 0 aliphatic heterocycles. The van der Waals surface area contributed by atoms with Crippen molar-refractivity contribution in [1.82, 2.24) is 17.6 Å². The van der Waals surface area contributed by atoms with Gasteiger partial charge in [-0.15, -0.1) is 0 Å². The molecule has 8 aromatic heterocycles. The second-order valence-electron chi connectivity index (χ2n) is 31.2. The minimum absolute atomic E-state index is 1.01. The van der Waals surface area contributed by atoms with Gasteiger partial charge >= 0.3 is 0 Å². The van der Waals surface area contributed by atoms with Crippen molar-refractivity contribution in [2.24, 2.45) is 0 Å². The Morgan fingerprint density at radius 1 is 0.146 bits per heavy atom. The number of benzene rings is 16. The minimum Gasteiger partial charge on any atom is -0.315 e. The van der Waals surface area contributed by atoms with Gasteiger partial charge in [-0.2, -0.15) is 0 Å². The SMILES string of the molecule is CC.CC.CC.CC.CC.CC.CC.CC.CC.CC.CC.CC.CC.CC.CC.CC.c1ccc2c(c1)Cc1c-2ccc2c1c1ccccc1n1cc3ccccc3c21.c1ccc2c(c1)Cc1c-2ccc2c3ccccc3n3cc4ccccc4c3c12.c1ccc2c(c1)Cc1cc3c(cc1-2)c1ccccc1n1cc2ccccc2c31.c1ccc2c(c1)Cc1ccc3c4ccccc4n4cc5ccccc5c4c3c1-2. The number of para-hydroxylation sites is 4. The first-order valence-corrected chi connectivity index (χ1v) is 55.4. The van der Waals surface area contributed by atoms with E-state index >= 15 is 0 Å². The molecule has 144 heavy (non-hydrogen) atoms. The van der Waals surface area contributed by atoms with Crippen LogP contribution < -0.4 is 0 Å². The van der Waals surface area contributed by atoms with Gasteiger partial charge in [0.05, 0.1) is 44.1 Å². The number of pyridine rings is 4. The van der Waals surface area contributed by atoms with Crippen LogP contribution in [0.25, 0.3) is 196 Å². The van der Waals surface area contributed by atoms with Crippen molar-refractivity contribution in [2.45, 2.75) is 247 Å². The zero-order valence-corrected chi connectivity index (χ0v) is 93.3. The summed E-state index contributed by atoms with van der Waals surface area (Å²) in [6.45, 7) is 64.0. The summed E-state index contributed by atoms with van der Waals surface area (Å²) in [6.07, 6.45) is 13.2. The molecule has 744 valence electrons. The number of hydrogen-bond donors (Lipinski definition) is 0. The summed E-state index contributed by atoms with van der Waals surface area (Å²) in [5, 5.41) is 26.8. The Balaban J connectivity index is 0.000000195. The summed E-state index contributed by atoms with van der Waals surface area (Å²) in [7, 11) is 0. The maximum atomic E-state index is 2.44. The Morgan fingerprint density at radius 2 is 0.410 bits per heavy atom. The van der Waals surface area contributed by atoms with Crippen LogP contribution in [-0.4, -0.2) is 17.6 Å². The Bertz CT molecular complexity index is 8150. The largest absolute Gasteiger partial charge is 0.315 e. The van der Waals surface area contributed by atoms with Crippen molar-refractivity contribution in [3.8, 4) is 44.5 Å². The molecule has 0 saturated carbocycles. The predicted octanol–water partition coefficient (Wildman–Crippen LogP) is 44.3. The van der Waals surface area contributed by atoms with Crippen LogP contribution in [0.3, 0.4) is 0 Å². The molecule has 0 fully saturated rings. The zero-order valence-electron chi connectivity index (χ0n) is 93.3. The molecule has 28 rings (SSSR count). The van der Waals surface area contributed by atoms with E-state index < -0.39 is 0 Å². The summed E-state index contributed by atoms with van der Waals surface area (Å²) >= 11 is 0. The molecule has 0 amide bonds. The number of hydrogen-bond acceptors (Lipinski definition) is 0. The van der Waals surface area contributed by atoms with E-state index in [-0.39, 0.29) is 0 Å². The normalized spacial score (nSPS) is 10.7. The van der Waals surface area contributed by atoms with E-state index in [1.165, 1.54) is 241 Å². The Hall–Kier alpha value is -14.3. The van der Waals surface area contributed by atoms with E-state index in [4.69, 9.17) is 0 Å². The van der Waals surface area contributed by atoms with Crippen molar-refractivity contribution in [2.75, 3.05) is 0 Å². The number of nitrogens with zero attached hydrogens (tertiary/aromatic N) is 4. The standard InChI is InChI=1S/4C27H17N.16C2H6/c1-3-9-20-17(7-1)13-19-14-25-24(15-23(19)20)22-11-5-6-12-26(22)28-16-18-8-2-4-10-21(18)27(25)28;1-3-9-20-17(7-1)15-18-13-14-23-22-11-5-6-12-24(22)28-16-19-8-2-4-10-21(19)27(28)26(23)25(18)20;1-3-9-19-17(7-1)15-24-21(19)13-14-23-26(24)22-11-5-6-12-25(22)28-16-18-8-2-4-10-20(18)27(23)28;1-3-9-19-17(7-1)15-24-21(19)13-14-23-22-11-5-6-12-25(22)28-16-18-8-2-4-10-20(18)27(28)26(23)24;16*1-2/h1-12,14-16H,13H2;3*1-14,16H,15H2;16*1-2H3. The lowest BCUT2D eigenvalue weighted by molar-refractivity contribution is 1.26. The molecule has 0 unspecified atom stereocenters. The maximum absolute atomic E-state index is 2.44. The van der Waals surface area contributed by atoms with Gasteiger partial charge in [0.1, 0.15) is 0 Å². The number of rotatable bonds is 0. The van der Waals surface area contributed by atoms with Crippen LogP contribution in [0.4, 0.5) is 0 Å². The first-order chi connectivity index (χ1) is 71.6. The quantitative estimate of drug-likeness (QED) is 0.135. The van der Waals surface area contributed by atoms with E-state index in [1.54, 1.807) is 0 Å². The predicted molar refractivity (Wildman–Crippen MR) is 654 cm³/mol. The summed E-state index contributed by atoms with van der Waals surface area (Å²) in [5.41, 5.74) is 33.2. The molecular formula is C140H164N4. The third-order valence-corrected chi connectivity index (χ3v) is 25.5. The van der Waals surface area contributed by atoms with Gasteiger partial charge in [0, 0.05) is 111 Å². The highest BCUT2D eigenvalue weighted by atomic mass is 14.9. The van der Waals surface area contributed by atoms with Gasteiger partial charge < -0.3 is 17.6 Å². The maximum Gasteiger partial charge on any atom is 0.0619 e. The average Bonchev–Trinajstić information content (AvgIpc) is 1.57. The lowest BCUT2D eigenvalue weighted by Crippen LogP contribution is -1.93. The smallest absolute Gasteiger partial charge is 0.0619 e. The molecule has 0 N–H and O–H groups in total. The van der Waals surface area contributed by atoms with Crippen LogP contribution >= 0.6 is 0 Å². The fourth-order valence-corrected chi connectivity index (χ4v) is 20.8. The van der Waals surface area contributed by atoms with Crippen molar-refractivity contribution >= 4 is 152 Å². The molecule has 16 aromatic carbocycles. The number of fused-ring (bicyclic) bond motifs is 47. The van der Waals surface area contributed by atoms with Gasteiger partial charge in [0.15, 0.2) is 0 Å². The molecule has 4 aliphatic carbocycles. The van der Waals surface area contributed by atoms with Crippen LogP contribution in [0.15, 0.2) is 365 Å². The summed E-state index contributed by atoms with van der Waals surface area (Å²) < 4.78 is 9.59. The Labute approximate surface area is 864 Å². The number of aromatic nitrogens is 4. The topological polar surface area (TPSA) is 17.6 Å². The molecule has 0 atom stereocenters. The molecule has 24 aromatic rings. The first kappa shape index (κ1) is 113. The molecule has 0 bridgehead atoms. The lowest BCUT2D eigenvalue weighted by atomic mass is 9.94. The van der Waals surface area contributed by atoms with E-state index in [2.05, 4.69) is 382 Å². The van der Waals surface area contributed by atoms with Gasteiger partial charge in [0.2, 0.25) is 0 Å². The van der Waals surface area contributed by atoms with E-state index in [9.17, 15) is 0 Å². The first-order valence-electron chi connectivity index (χ1n) is 55.4. The third kappa shape index (κ3) is 21.0. The molecule has 4 nitrogen and oxygen atoms in total. The fraction of sp³-hybridized carbons (Fsp3) is 0.257. The molecular weight excluding hydrogens is 1740 g/mol. The van der Waals surface area contributed by atoms with Gasteiger partial charge in [0.25, 0.3) is 0 Å². The summed E-state index contributed by atoms with van der Waals surface area (Å²) in [6, 6.07) is 125. The zero-order chi connectivity index (χ0) is 105. The van der Waals surface area contributed by atoms with Crippen LogP contribution in [-0.2, 0) is 25.7 Å². The van der Waals surface area contributed by atoms with Gasteiger partial charge in [-0.05, 0) is 173 Å². The highest BCUT2D eigenvalue weighted by molar-refractivity contribution is 6.27.